The fraction of sp³-hybridized carbons (Fsp3) is 0.263. The molecule has 25 heavy (non-hydrogen) atoms. The maximum atomic E-state index is 12.5. The van der Waals surface area contributed by atoms with Gasteiger partial charge >= 0.3 is 0 Å². The molecule has 0 bridgehead atoms. The zero-order valence-electron chi connectivity index (χ0n) is 13.9. The highest BCUT2D eigenvalue weighted by Crippen LogP contribution is 2.22. The van der Waals surface area contributed by atoms with Crippen LogP contribution >= 0.6 is 23.4 Å². The van der Waals surface area contributed by atoms with Gasteiger partial charge in [-0.3, -0.25) is 14.7 Å². The van der Waals surface area contributed by atoms with E-state index in [2.05, 4.69) is 24.0 Å². The van der Waals surface area contributed by atoms with E-state index in [0.29, 0.717) is 23.9 Å². The van der Waals surface area contributed by atoms with E-state index in [-0.39, 0.29) is 12.5 Å². The van der Waals surface area contributed by atoms with E-state index in [0.717, 1.165) is 10.9 Å². The molecule has 4 nitrogen and oxygen atoms in total. The molecule has 1 amide bonds. The summed E-state index contributed by atoms with van der Waals surface area (Å²) in [5.74, 6) is 1.35. The van der Waals surface area contributed by atoms with Gasteiger partial charge in [-0.05, 0) is 42.3 Å². The van der Waals surface area contributed by atoms with Crippen molar-refractivity contribution in [2.24, 2.45) is 4.99 Å². The van der Waals surface area contributed by atoms with Gasteiger partial charge in [-0.25, -0.2) is 0 Å². The number of aliphatic imine (C=N–C) groups is 1. The predicted octanol–water partition coefficient (Wildman–Crippen LogP) is 4.16. The highest BCUT2D eigenvalue weighted by molar-refractivity contribution is 8.13. The lowest BCUT2D eigenvalue weighted by atomic mass is 10.1. The first kappa shape index (κ1) is 17.8. The van der Waals surface area contributed by atoms with Crippen LogP contribution in [0.15, 0.2) is 53.5 Å². The van der Waals surface area contributed by atoms with Gasteiger partial charge in [0.2, 0.25) is 0 Å². The summed E-state index contributed by atoms with van der Waals surface area (Å²) in [5.41, 5.74) is 2.50. The number of ether oxygens (including phenoxy) is 1. The van der Waals surface area contributed by atoms with Crippen molar-refractivity contribution in [2.45, 2.75) is 12.7 Å². The third-order valence-electron chi connectivity index (χ3n) is 3.90. The number of nitrogens with zero attached hydrogens (tertiary/aromatic N) is 2. The van der Waals surface area contributed by atoms with E-state index in [4.69, 9.17) is 16.3 Å². The molecule has 6 heteroatoms. The molecule has 0 unspecified atom stereocenters. The Bertz CT molecular complexity index is 777. The fourth-order valence-corrected chi connectivity index (χ4v) is 3.72. The lowest BCUT2D eigenvalue weighted by molar-refractivity contribution is -0.128. The Balaban J connectivity index is 1.54. The average molecular weight is 375 g/mol. The van der Waals surface area contributed by atoms with E-state index in [1.807, 2.05) is 12.1 Å². The largest absolute Gasteiger partial charge is 0.484 e. The molecule has 0 aliphatic carbocycles. The van der Waals surface area contributed by atoms with Gasteiger partial charge in [-0.2, -0.15) is 0 Å². The Hall–Kier alpha value is -1.98. The highest BCUT2D eigenvalue weighted by Gasteiger charge is 2.24. The van der Waals surface area contributed by atoms with Crippen LogP contribution in [0.5, 0.6) is 5.75 Å². The van der Waals surface area contributed by atoms with Crippen LogP contribution in [-0.4, -0.2) is 35.7 Å². The number of halogens is 1. The Kier molecular flexibility index (Phi) is 6.00. The monoisotopic (exact) mass is 374 g/mol. The maximum absolute atomic E-state index is 12.5. The van der Waals surface area contributed by atoms with Crippen molar-refractivity contribution in [3.05, 3.63) is 64.7 Å². The van der Waals surface area contributed by atoms with E-state index in [9.17, 15) is 4.79 Å². The Morgan fingerprint density at radius 3 is 2.76 bits per heavy atom. The maximum Gasteiger partial charge on any atom is 0.266 e. The van der Waals surface area contributed by atoms with Crippen molar-refractivity contribution in [3.8, 4) is 5.75 Å². The molecule has 0 saturated carbocycles. The van der Waals surface area contributed by atoms with Crippen LogP contribution in [0.2, 0.25) is 5.02 Å². The minimum absolute atomic E-state index is 0.00836. The number of amides is 1. The van der Waals surface area contributed by atoms with Crippen LogP contribution in [0, 0.1) is 6.92 Å². The Morgan fingerprint density at radius 2 is 2.00 bits per heavy atom. The number of rotatable bonds is 5. The minimum Gasteiger partial charge on any atom is -0.484 e. The number of thioether (sulfide) groups is 1. The predicted molar refractivity (Wildman–Crippen MR) is 103 cm³/mol. The quantitative estimate of drug-likeness (QED) is 0.789. The van der Waals surface area contributed by atoms with Crippen molar-refractivity contribution in [3.63, 3.8) is 0 Å². The first-order chi connectivity index (χ1) is 12.1. The van der Waals surface area contributed by atoms with Crippen LogP contribution in [0.25, 0.3) is 0 Å². The number of hydrogen-bond donors (Lipinski definition) is 0. The molecule has 0 atom stereocenters. The summed E-state index contributed by atoms with van der Waals surface area (Å²) in [6.07, 6.45) is 0. The number of aryl methyl sites for hydroxylation is 1. The summed E-state index contributed by atoms with van der Waals surface area (Å²) in [5, 5.41) is 1.41. The van der Waals surface area contributed by atoms with Gasteiger partial charge < -0.3 is 4.74 Å². The summed E-state index contributed by atoms with van der Waals surface area (Å²) < 4.78 is 5.55. The van der Waals surface area contributed by atoms with Gasteiger partial charge in [0.25, 0.3) is 5.91 Å². The van der Waals surface area contributed by atoms with Gasteiger partial charge in [0, 0.05) is 17.3 Å². The van der Waals surface area contributed by atoms with Crippen LogP contribution in [0.4, 0.5) is 0 Å². The minimum atomic E-state index is -0.0801. The van der Waals surface area contributed by atoms with Gasteiger partial charge in [0.1, 0.15) is 5.75 Å². The first-order valence-electron chi connectivity index (χ1n) is 8.04. The molecule has 0 radical (unpaired) electrons. The number of benzene rings is 2. The number of carbonyl (C=O) groups is 1. The fourth-order valence-electron chi connectivity index (χ4n) is 2.45. The van der Waals surface area contributed by atoms with Gasteiger partial charge in [-0.15, -0.1) is 0 Å². The zero-order valence-corrected chi connectivity index (χ0v) is 15.5. The van der Waals surface area contributed by atoms with E-state index < -0.39 is 0 Å². The van der Waals surface area contributed by atoms with Crippen molar-refractivity contribution in [1.82, 2.24) is 4.90 Å². The molecule has 1 heterocycles. The van der Waals surface area contributed by atoms with Crippen LogP contribution in [0.1, 0.15) is 11.1 Å². The zero-order chi connectivity index (χ0) is 17.6. The normalized spacial score (nSPS) is 13.7. The molecule has 2 aromatic rings. The molecular weight excluding hydrogens is 356 g/mol. The van der Waals surface area contributed by atoms with Crippen molar-refractivity contribution < 1.29 is 9.53 Å². The topological polar surface area (TPSA) is 41.9 Å². The van der Waals surface area contributed by atoms with Gasteiger partial charge in [-0.1, -0.05) is 47.6 Å². The molecule has 2 aromatic carbocycles. The van der Waals surface area contributed by atoms with Crippen molar-refractivity contribution in [1.29, 1.82) is 0 Å². The molecule has 1 aliphatic rings. The lowest BCUT2D eigenvalue weighted by Gasteiger charge is -2.18. The molecule has 3 rings (SSSR count). The summed E-state index contributed by atoms with van der Waals surface area (Å²) in [6.45, 7) is 3.34. The lowest BCUT2D eigenvalue weighted by Crippen LogP contribution is -2.36. The summed E-state index contributed by atoms with van der Waals surface area (Å²) >= 11 is 7.44. The molecular formula is C19H19ClN2O2S. The molecule has 130 valence electrons. The number of amidine groups is 1. The van der Waals surface area contributed by atoms with Crippen LogP contribution in [0.3, 0.4) is 0 Å². The summed E-state index contributed by atoms with van der Waals surface area (Å²) in [6, 6.07) is 15.2. The van der Waals surface area contributed by atoms with Crippen LogP contribution in [-0.2, 0) is 10.5 Å². The Labute approximate surface area is 156 Å². The second-order valence-electron chi connectivity index (χ2n) is 5.67. The summed E-state index contributed by atoms with van der Waals surface area (Å²) in [7, 11) is 0. The van der Waals surface area contributed by atoms with E-state index in [1.54, 1.807) is 40.9 Å². The third-order valence-corrected chi connectivity index (χ3v) is 5.21. The third kappa shape index (κ3) is 4.77. The van der Waals surface area contributed by atoms with E-state index in [1.165, 1.54) is 11.1 Å². The van der Waals surface area contributed by atoms with Gasteiger partial charge in [0.05, 0.1) is 6.54 Å². The first-order valence-corrected chi connectivity index (χ1v) is 9.40. The van der Waals surface area contributed by atoms with E-state index >= 15 is 0 Å². The number of carbonyl (C=O) groups excluding carboxylic acids is 1. The molecule has 1 aliphatic heterocycles. The van der Waals surface area contributed by atoms with Crippen molar-refractivity contribution in [2.75, 3.05) is 19.7 Å². The summed E-state index contributed by atoms with van der Waals surface area (Å²) in [4.78, 5) is 18.6. The molecule has 0 N–H and O–H groups in total. The average Bonchev–Trinajstić information content (AvgIpc) is 3.09. The standard InChI is InChI=1S/C19H19ClN2O2S/c1-14-4-2-3-5-15(14)13-25-19-21-10-11-22(19)18(23)12-24-17-8-6-16(20)7-9-17/h2-9H,10-13H2,1H3. The second-order valence-corrected chi connectivity index (χ2v) is 7.05. The molecule has 0 spiro atoms. The molecule has 0 saturated heterocycles. The van der Waals surface area contributed by atoms with Crippen LogP contribution < -0.4 is 4.74 Å². The molecule has 0 aromatic heterocycles. The number of hydrogen-bond acceptors (Lipinski definition) is 4. The smallest absolute Gasteiger partial charge is 0.266 e. The van der Waals surface area contributed by atoms with Gasteiger partial charge in [0.15, 0.2) is 11.8 Å². The second kappa shape index (κ2) is 8.41. The highest BCUT2D eigenvalue weighted by atomic mass is 35.5. The Morgan fingerprint density at radius 1 is 1.24 bits per heavy atom. The SMILES string of the molecule is Cc1ccccc1CSC1=NCCN1C(=O)COc1ccc(Cl)cc1. The molecule has 0 fully saturated rings. The van der Waals surface area contributed by atoms with Crippen molar-refractivity contribution >= 4 is 34.4 Å².